The molecular weight excluding hydrogens is 458 g/mol. The van der Waals surface area contributed by atoms with Gasteiger partial charge in [0.15, 0.2) is 11.5 Å². The van der Waals surface area contributed by atoms with E-state index in [0.29, 0.717) is 48.6 Å². The Kier molecular flexibility index (Phi) is 7.11. The van der Waals surface area contributed by atoms with Crippen molar-refractivity contribution >= 4 is 17.7 Å². The third kappa shape index (κ3) is 5.17. The fraction of sp³-hybridized carbons (Fsp3) is 0.464. The highest BCUT2D eigenvalue weighted by molar-refractivity contribution is 5.98. The Morgan fingerprint density at radius 1 is 0.833 bits per heavy atom. The molecule has 1 N–H and O–H groups in total. The molecule has 3 amide bonds. The summed E-state index contributed by atoms with van der Waals surface area (Å²) >= 11 is 0. The zero-order valence-electron chi connectivity index (χ0n) is 20.7. The second kappa shape index (κ2) is 10.6. The fourth-order valence-electron chi connectivity index (χ4n) is 5.27. The van der Waals surface area contributed by atoms with Crippen LogP contribution in [0.4, 0.5) is 0 Å². The molecule has 3 aliphatic rings. The molecule has 0 saturated carbocycles. The van der Waals surface area contributed by atoms with Crippen molar-refractivity contribution in [2.45, 2.75) is 45.1 Å². The molecule has 0 unspecified atom stereocenters. The molecule has 3 aliphatic heterocycles. The van der Waals surface area contributed by atoms with E-state index in [1.807, 2.05) is 28.9 Å². The lowest BCUT2D eigenvalue weighted by Gasteiger charge is -2.38. The Morgan fingerprint density at radius 2 is 1.50 bits per heavy atom. The Balaban J connectivity index is 1.27. The molecule has 8 heteroatoms. The van der Waals surface area contributed by atoms with E-state index in [1.54, 1.807) is 30.3 Å². The summed E-state index contributed by atoms with van der Waals surface area (Å²) in [4.78, 5) is 43.5. The third-order valence-corrected chi connectivity index (χ3v) is 7.45. The predicted octanol–water partition coefficient (Wildman–Crippen LogP) is 3.39. The first-order valence-electron chi connectivity index (χ1n) is 12.8. The molecule has 0 radical (unpaired) electrons. The van der Waals surface area contributed by atoms with Crippen molar-refractivity contribution in [3.8, 4) is 11.5 Å². The van der Waals surface area contributed by atoms with E-state index < -0.39 is 6.04 Å². The number of likely N-dealkylation sites (tertiary alicyclic amines) is 2. The highest BCUT2D eigenvalue weighted by Crippen LogP contribution is 2.33. The van der Waals surface area contributed by atoms with Crippen molar-refractivity contribution in [1.29, 1.82) is 0 Å². The van der Waals surface area contributed by atoms with Crippen molar-refractivity contribution in [3.63, 3.8) is 0 Å². The second-order valence-corrected chi connectivity index (χ2v) is 9.90. The molecule has 0 aliphatic carbocycles. The predicted molar refractivity (Wildman–Crippen MR) is 134 cm³/mol. The number of carbonyl (C=O) groups excluding carboxylic acids is 3. The fourth-order valence-corrected chi connectivity index (χ4v) is 5.27. The molecule has 0 aromatic heterocycles. The first-order valence-corrected chi connectivity index (χ1v) is 12.8. The minimum absolute atomic E-state index is 0.00397. The monoisotopic (exact) mass is 491 g/mol. The number of benzene rings is 2. The van der Waals surface area contributed by atoms with E-state index in [9.17, 15) is 14.4 Å². The summed E-state index contributed by atoms with van der Waals surface area (Å²) in [6.07, 6.45) is 4.41. The van der Waals surface area contributed by atoms with Crippen LogP contribution in [-0.2, 0) is 4.79 Å². The molecule has 190 valence electrons. The van der Waals surface area contributed by atoms with Gasteiger partial charge in [-0.25, -0.2) is 0 Å². The molecular formula is C28H33N3O5. The van der Waals surface area contributed by atoms with Gasteiger partial charge < -0.3 is 24.6 Å². The third-order valence-electron chi connectivity index (χ3n) is 7.45. The summed E-state index contributed by atoms with van der Waals surface area (Å²) in [5, 5.41) is 3.06. The first-order chi connectivity index (χ1) is 17.5. The first kappa shape index (κ1) is 24.2. The smallest absolute Gasteiger partial charge is 0.253 e. The zero-order valence-corrected chi connectivity index (χ0v) is 20.7. The second-order valence-electron chi connectivity index (χ2n) is 9.90. The van der Waals surface area contributed by atoms with Gasteiger partial charge in [0.2, 0.25) is 12.7 Å². The SMILES string of the molecule is Cc1ccc(C(=O)N[C@@H](C(=O)N2CCCCC2)C2CCN(C(=O)c3ccc4c(c3)OCO4)CC2)cc1. The maximum Gasteiger partial charge on any atom is 0.253 e. The number of carbonyl (C=O) groups is 3. The lowest BCUT2D eigenvalue weighted by Crippen LogP contribution is -2.55. The van der Waals surface area contributed by atoms with Gasteiger partial charge in [0.25, 0.3) is 11.8 Å². The van der Waals surface area contributed by atoms with Gasteiger partial charge in [-0.2, -0.15) is 0 Å². The van der Waals surface area contributed by atoms with Gasteiger partial charge in [0.05, 0.1) is 0 Å². The van der Waals surface area contributed by atoms with Crippen LogP contribution in [0.3, 0.4) is 0 Å². The van der Waals surface area contributed by atoms with E-state index in [0.717, 1.165) is 37.9 Å². The van der Waals surface area contributed by atoms with E-state index in [-0.39, 0.29) is 30.4 Å². The molecule has 1 atom stereocenters. The Bertz CT molecular complexity index is 1120. The van der Waals surface area contributed by atoms with E-state index >= 15 is 0 Å². The normalized spacial score (nSPS) is 18.6. The number of piperidine rings is 2. The summed E-state index contributed by atoms with van der Waals surface area (Å²) in [6.45, 7) is 4.67. The summed E-state index contributed by atoms with van der Waals surface area (Å²) in [5.74, 6) is 0.902. The number of aryl methyl sites for hydroxylation is 1. The van der Waals surface area contributed by atoms with Gasteiger partial charge in [-0.15, -0.1) is 0 Å². The van der Waals surface area contributed by atoms with E-state index in [1.165, 1.54) is 0 Å². The Morgan fingerprint density at radius 3 is 2.22 bits per heavy atom. The van der Waals surface area contributed by atoms with Crippen LogP contribution < -0.4 is 14.8 Å². The Labute approximate surface area is 211 Å². The number of amides is 3. The number of nitrogens with zero attached hydrogens (tertiary/aromatic N) is 2. The molecule has 36 heavy (non-hydrogen) atoms. The molecule has 3 heterocycles. The summed E-state index contributed by atoms with van der Waals surface area (Å²) < 4.78 is 10.8. The number of nitrogens with one attached hydrogen (secondary N) is 1. The highest BCUT2D eigenvalue weighted by Gasteiger charge is 2.36. The average Bonchev–Trinajstić information content (AvgIpc) is 3.40. The van der Waals surface area contributed by atoms with Gasteiger partial charge in [0.1, 0.15) is 6.04 Å². The Hall–Kier alpha value is -3.55. The van der Waals surface area contributed by atoms with Gasteiger partial charge in [-0.3, -0.25) is 14.4 Å². The van der Waals surface area contributed by atoms with E-state index in [2.05, 4.69) is 5.32 Å². The highest BCUT2D eigenvalue weighted by atomic mass is 16.7. The van der Waals surface area contributed by atoms with Crippen molar-refractivity contribution in [2.24, 2.45) is 5.92 Å². The summed E-state index contributed by atoms with van der Waals surface area (Å²) in [6, 6.07) is 12.0. The van der Waals surface area contributed by atoms with Crippen LogP contribution in [0.15, 0.2) is 42.5 Å². The zero-order chi connectivity index (χ0) is 25.1. The number of rotatable bonds is 5. The van der Waals surface area contributed by atoms with Crippen LogP contribution in [0.1, 0.15) is 58.4 Å². The molecule has 8 nitrogen and oxygen atoms in total. The lowest BCUT2D eigenvalue weighted by molar-refractivity contribution is -0.136. The quantitative estimate of drug-likeness (QED) is 0.693. The van der Waals surface area contributed by atoms with Crippen LogP contribution in [0.5, 0.6) is 11.5 Å². The standard InChI is InChI=1S/C28H33N3O5/c1-19-5-7-21(8-6-19)26(32)29-25(28(34)30-13-3-2-4-14-30)20-11-15-31(16-12-20)27(33)22-9-10-23-24(17-22)36-18-35-23/h5-10,17,20,25H,2-4,11-16,18H2,1H3,(H,29,32)/t25-/m1/s1. The van der Waals surface area contributed by atoms with Crippen LogP contribution in [0.25, 0.3) is 0 Å². The minimum atomic E-state index is -0.598. The maximum absolute atomic E-state index is 13.6. The summed E-state index contributed by atoms with van der Waals surface area (Å²) in [5.41, 5.74) is 2.19. The van der Waals surface area contributed by atoms with Gasteiger partial charge in [0, 0.05) is 37.3 Å². The average molecular weight is 492 g/mol. The topological polar surface area (TPSA) is 88.2 Å². The molecule has 2 fully saturated rings. The molecule has 5 rings (SSSR count). The molecule has 2 aromatic carbocycles. The maximum atomic E-state index is 13.6. The molecule has 2 aromatic rings. The minimum Gasteiger partial charge on any atom is -0.454 e. The van der Waals surface area contributed by atoms with Gasteiger partial charge in [-0.1, -0.05) is 17.7 Å². The van der Waals surface area contributed by atoms with Crippen LogP contribution >= 0.6 is 0 Å². The van der Waals surface area contributed by atoms with Gasteiger partial charge in [-0.05, 0) is 75.3 Å². The molecule has 2 saturated heterocycles. The van der Waals surface area contributed by atoms with Crippen LogP contribution in [0, 0.1) is 12.8 Å². The van der Waals surface area contributed by atoms with Crippen LogP contribution in [0.2, 0.25) is 0 Å². The van der Waals surface area contributed by atoms with E-state index in [4.69, 9.17) is 9.47 Å². The molecule has 0 spiro atoms. The molecule has 0 bridgehead atoms. The van der Waals surface area contributed by atoms with Crippen molar-refractivity contribution < 1.29 is 23.9 Å². The van der Waals surface area contributed by atoms with Crippen molar-refractivity contribution in [2.75, 3.05) is 33.0 Å². The number of fused-ring (bicyclic) bond motifs is 1. The number of ether oxygens (including phenoxy) is 2. The number of hydrogen-bond acceptors (Lipinski definition) is 5. The van der Waals surface area contributed by atoms with Crippen molar-refractivity contribution in [3.05, 3.63) is 59.2 Å². The largest absolute Gasteiger partial charge is 0.454 e. The van der Waals surface area contributed by atoms with Crippen molar-refractivity contribution in [1.82, 2.24) is 15.1 Å². The van der Waals surface area contributed by atoms with Gasteiger partial charge >= 0.3 is 0 Å². The lowest BCUT2D eigenvalue weighted by atomic mass is 9.87. The van der Waals surface area contributed by atoms with Crippen LogP contribution in [-0.4, -0.2) is 66.5 Å². The summed E-state index contributed by atoms with van der Waals surface area (Å²) in [7, 11) is 0. The number of hydrogen-bond donors (Lipinski definition) is 1.